The number of hydrogen-bond acceptors (Lipinski definition) is 4. The molecule has 0 bridgehead atoms. The summed E-state index contributed by atoms with van der Waals surface area (Å²) in [6.45, 7) is 2.80. The fourth-order valence-electron chi connectivity index (χ4n) is 3.49. The topological polar surface area (TPSA) is 48.0 Å². The van der Waals surface area contributed by atoms with Crippen molar-refractivity contribution in [2.45, 2.75) is 19.4 Å². The first kappa shape index (κ1) is 19.2. The van der Waals surface area contributed by atoms with Crippen molar-refractivity contribution in [1.29, 1.82) is 0 Å². The number of nitrogens with zero attached hydrogens (tertiary/aromatic N) is 1. The predicted octanol–water partition coefficient (Wildman–Crippen LogP) is 3.77. The third-order valence-electron chi connectivity index (χ3n) is 4.96. The highest BCUT2D eigenvalue weighted by molar-refractivity contribution is 5.97. The molecule has 0 spiro atoms. The molecule has 3 rings (SSSR count). The van der Waals surface area contributed by atoms with Crippen LogP contribution in [-0.4, -0.2) is 44.8 Å². The van der Waals surface area contributed by atoms with Gasteiger partial charge in [0.15, 0.2) is 11.5 Å². The largest absolute Gasteiger partial charge is 0.493 e. The van der Waals surface area contributed by atoms with Crippen LogP contribution in [0.5, 0.6) is 11.5 Å². The van der Waals surface area contributed by atoms with E-state index in [2.05, 4.69) is 0 Å². The normalized spacial score (nSPS) is 14.6. The molecule has 1 heterocycles. The fourth-order valence-corrected chi connectivity index (χ4v) is 3.49. The number of para-hydroxylation sites is 1. The molecule has 1 aliphatic heterocycles. The molecule has 1 amide bonds. The highest BCUT2D eigenvalue weighted by Crippen LogP contribution is 2.32. The fraction of sp³-hybridized carbons (Fsp3) is 0.409. The standard InChI is InChI=1S/C22H27NO4/c1-25-20-10-6-9-19(21(20)26-2)22(24)23(15-17-7-4-3-5-8-17)16-18-11-13-27-14-12-18/h3-10,18H,11-16H2,1-2H3. The van der Waals surface area contributed by atoms with Crippen LogP contribution in [0.4, 0.5) is 0 Å². The number of carbonyl (C=O) groups is 1. The summed E-state index contributed by atoms with van der Waals surface area (Å²) in [5, 5.41) is 0. The second-order valence-corrected chi connectivity index (χ2v) is 6.77. The van der Waals surface area contributed by atoms with Crippen molar-refractivity contribution in [1.82, 2.24) is 4.90 Å². The van der Waals surface area contributed by atoms with Crippen LogP contribution in [0, 0.1) is 5.92 Å². The third kappa shape index (κ3) is 4.80. The lowest BCUT2D eigenvalue weighted by atomic mass is 9.98. The molecule has 1 aliphatic rings. The molecule has 1 saturated heterocycles. The van der Waals surface area contributed by atoms with Crippen LogP contribution < -0.4 is 9.47 Å². The van der Waals surface area contributed by atoms with Crippen LogP contribution in [0.1, 0.15) is 28.8 Å². The van der Waals surface area contributed by atoms with E-state index in [1.807, 2.05) is 41.3 Å². The van der Waals surface area contributed by atoms with E-state index in [1.165, 1.54) is 0 Å². The van der Waals surface area contributed by atoms with Crippen LogP contribution in [-0.2, 0) is 11.3 Å². The number of carbonyl (C=O) groups excluding carboxylic acids is 1. The molecule has 0 saturated carbocycles. The summed E-state index contributed by atoms with van der Waals surface area (Å²) < 4.78 is 16.3. The van der Waals surface area contributed by atoms with Gasteiger partial charge in [-0.25, -0.2) is 0 Å². The Morgan fingerprint density at radius 3 is 2.44 bits per heavy atom. The molecule has 0 aromatic heterocycles. The van der Waals surface area contributed by atoms with Crippen LogP contribution in [0.15, 0.2) is 48.5 Å². The first-order chi connectivity index (χ1) is 13.2. The Hall–Kier alpha value is -2.53. The molecule has 0 aliphatic carbocycles. The zero-order chi connectivity index (χ0) is 19.1. The van der Waals surface area contributed by atoms with Crippen LogP contribution in [0.25, 0.3) is 0 Å². The zero-order valence-electron chi connectivity index (χ0n) is 16.0. The third-order valence-corrected chi connectivity index (χ3v) is 4.96. The predicted molar refractivity (Wildman–Crippen MR) is 104 cm³/mol. The van der Waals surface area contributed by atoms with E-state index in [4.69, 9.17) is 14.2 Å². The van der Waals surface area contributed by atoms with Gasteiger partial charge < -0.3 is 19.1 Å². The van der Waals surface area contributed by atoms with E-state index < -0.39 is 0 Å². The Bertz CT molecular complexity index is 741. The van der Waals surface area contributed by atoms with Gasteiger partial charge >= 0.3 is 0 Å². The lowest BCUT2D eigenvalue weighted by Gasteiger charge is -2.30. The molecule has 27 heavy (non-hydrogen) atoms. The molecule has 5 nitrogen and oxygen atoms in total. The van der Waals surface area contributed by atoms with E-state index in [-0.39, 0.29) is 5.91 Å². The highest BCUT2D eigenvalue weighted by atomic mass is 16.5. The summed E-state index contributed by atoms with van der Waals surface area (Å²) in [4.78, 5) is 15.3. The van der Waals surface area contributed by atoms with E-state index in [0.29, 0.717) is 36.1 Å². The SMILES string of the molecule is COc1cccc(C(=O)N(Cc2ccccc2)CC2CCOCC2)c1OC. The van der Waals surface area contributed by atoms with Crippen molar-refractivity contribution in [3.8, 4) is 11.5 Å². The van der Waals surface area contributed by atoms with Crippen molar-refractivity contribution >= 4 is 5.91 Å². The average molecular weight is 369 g/mol. The van der Waals surface area contributed by atoms with Gasteiger partial charge in [0.25, 0.3) is 5.91 Å². The number of hydrogen-bond donors (Lipinski definition) is 0. The Morgan fingerprint density at radius 1 is 1.04 bits per heavy atom. The Balaban J connectivity index is 1.87. The molecule has 0 radical (unpaired) electrons. The van der Waals surface area contributed by atoms with Gasteiger partial charge in [0.2, 0.25) is 0 Å². The quantitative estimate of drug-likeness (QED) is 0.745. The van der Waals surface area contributed by atoms with Gasteiger partial charge in [-0.1, -0.05) is 36.4 Å². The summed E-state index contributed by atoms with van der Waals surface area (Å²) in [6.07, 6.45) is 1.96. The van der Waals surface area contributed by atoms with Gasteiger partial charge in [0.1, 0.15) is 0 Å². The van der Waals surface area contributed by atoms with Gasteiger partial charge in [-0.15, -0.1) is 0 Å². The molecule has 0 atom stereocenters. The molecule has 1 fully saturated rings. The van der Waals surface area contributed by atoms with Crippen LogP contribution in [0.2, 0.25) is 0 Å². The van der Waals surface area contributed by atoms with Gasteiger partial charge in [0, 0.05) is 26.3 Å². The summed E-state index contributed by atoms with van der Waals surface area (Å²) in [7, 11) is 3.14. The van der Waals surface area contributed by atoms with Crippen molar-refractivity contribution in [3.63, 3.8) is 0 Å². The number of methoxy groups -OCH3 is 2. The Morgan fingerprint density at radius 2 is 1.78 bits per heavy atom. The summed E-state index contributed by atoms with van der Waals surface area (Å²) >= 11 is 0. The minimum Gasteiger partial charge on any atom is -0.493 e. The molecular weight excluding hydrogens is 342 g/mol. The summed E-state index contributed by atoms with van der Waals surface area (Å²) in [6, 6.07) is 15.5. The maximum absolute atomic E-state index is 13.4. The molecular formula is C22H27NO4. The minimum atomic E-state index is -0.0407. The Kier molecular flexibility index (Phi) is 6.71. The molecule has 2 aromatic rings. The minimum absolute atomic E-state index is 0.0407. The first-order valence-electron chi connectivity index (χ1n) is 9.35. The van der Waals surface area contributed by atoms with E-state index in [0.717, 1.165) is 31.6 Å². The van der Waals surface area contributed by atoms with Crippen molar-refractivity contribution < 1.29 is 19.0 Å². The molecule has 5 heteroatoms. The van der Waals surface area contributed by atoms with Crippen LogP contribution in [0.3, 0.4) is 0 Å². The molecule has 144 valence electrons. The van der Waals surface area contributed by atoms with E-state index in [9.17, 15) is 4.79 Å². The van der Waals surface area contributed by atoms with Gasteiger partial charge in [-0.05, 0) is 36.5 Å². The van der Waals surface area contributed by atoms with E-state index in [1.54, 1.807) is 26.4 Å². The second-order valence-electron chi connectivity index (χ2n) is 6.77. The van der Waals surface area contributed by atoms with Gasteiger partial charge in [-0.3, -0.25) is 4.79 Å². The molecule has 2 aromatic carbocycles. The van der Waals surface area contributed by atoms with Crippen molar-refractivity contribution in [3.05, 3.63) is 59.7 Å². The first-order valence-corrected chi connectivity index (χ1v) is 9.35. The van der Waals surface area contributed by atoms with Crippen molar-refractivity contribution in [2.24, 2.45) is 5.92 Å². The summed E-state index contributed by atoms with van der Waals surface area (Å²) in [5.41, 5.74) is 1.64. The summed E-state index contributed by atoms with van der Waals surface area (Å²) in [5.74, 6) is 1.45. The van der Waals surface area contributed by atoms with E-state index >= 15 is 0 Å². The Labute approximate surface area is 160 Å². The van der Waals surface area contributed by atoms with Crippen LogP contribution >= 0.6 is 0 Å². The molecule has 0 N–H and O–H groups in total. The maximum Gasteiger partial charge on any atom is 0.258 e. The highest BCUT2D eigenvalue weighted by Gasteiger charge is 2.25. The monoisotopic (exact) mass is 369 g/mol. The lowest BCUT2D eigenvalue weighted by molar-refractivity contribution is 0.0444. The zero-order valence-corrected chi connectivity index (χ0v) is 16.0. The smallest absolute Gasteiger partial charge is 0.258 e. The number of ether oxygens (including phenoxy) is 3. The average Bonchev–Trinajstić information content (AvgIpc) is 2.73. The van der Waals surface area contributed by atoms with Gasteiger partial charge in [-0.2, -0.15) is 0 Å². The second kappa shape index (κ2) is 9.42. The van der Waals surface area contributed by atoms with Gasteiger partial charge in [0.05, 0.1) is 19.8 Å². The molecule has 0 unspecified atom stereocenters. The van der Waals surface area contributed by atoms with Crippen molar-refractivity contribution in [2.75, 3.05) is 34.0 Å². The number of rotatable bonds is 7. The lowest BCUT2D eigenvalue weighted by Crippen LogP contribution is -2.37. The maximum atomic E-state index is 13.4. The number of amides is 1. The number of benzene rings is 2.